The Morgan fingerprint density at radius 1 is 1.36 bits per heavy atom. The van der Waals surface area contributed by atoms with Gasteiger partial charge >= 0.3 is 0 Å². The molecular formula is C10H21NO3. The Morgan fingerprint density at radius 2 is 2.00 bits per heavy atom. The Hall–Kier alpha value is -0.160. The molecule has 0 saturated heterocycles. The van der Waals surface area contributed by atoms with Gasteiger partial charge in [-0.25, -0.2) is 0 Å². The molecule has 0 bridgehead atoms. The summed E-state index contributed by atoms with van der Waals surface area (Å²) in [6.45, 7) is 1.95. The van der Waals surface area contributed by atoms with Gasteiger partial charge in [-0.05, 0) is 24.7 Å². The van der Waals surface area contributed by atoms with Gasteiger partial charge in [-0.1, -0.05) is 0 Å². The predicted octanol–water partition coefficient (Wildman–Crippen LogP) is 0.357. The zero-order valence-electron chi connectivity index (χ0n) is 9.08. The van der Waals surface area contributed by atoms with Crippen molar-refractivity contribution >= 4 is 0 Å². The first kappa shape index (κ1) is 11.9. The molecule has 0 aromatic carbocycles. The first-order valence-corrected chi connectivity index (χ1v) is 5.13. The number of rotatable bonds is 8. The van der Waals surface area contributed by atoms with Gasteiger partial charge in [0.05, 0.1) is 0 Å². The number of hydrogen-bond acceptors (Lipinski definition) is 4. The van der Waals surface area contributed by atoms with Crippen LogP contribution < -0.4 is 5.32 Å². The van der Waals surface area contributed by atoms with Crippen LogP contribution in [0.2, 0.25) is 0 Å². The van der Waals surface area contributed by atoms with Crippen LogP contribution in [0.15, 0.2) is 0 Å². The second-order valence-corrected chi connectivity index (χ2v) is 4.01. The number of aliphatic hydroxyl groups excluding tert-OH is 1. The number of aliphatic hydroxyl groups is 1. The predicted molar refractivity (Wildman–Crippen MR) is 54.0 cm³/mol. The molecule has 0 spiro atoms. The Labute approximate surface area is 85.6 Å². The lowest BCUT2D eigenvalue weighted by Gasteiger charge is -2.18. The Morgan fingerprint density at radius 3 is 2.43 bits per heavy atom. The first-order chi connectivity index (χ1) is 6.76. The molecule has 0 heterocycles. The van der Waals surface area contributed by atoms with Crippen LogP contribution in [0.4, 0.5) is 0 Å². The zero-order valence-corrected chi connectivity index (χ0v) is 9.08. The summed E-state index contributed by atoms with van der Waals surface area (Å²) < 4.78 is 10.1. The third-order valence-corrected chi connectivity index (χ3v) is 2.94. The normalized spacial score (nSPS) is 18.9. The van der Waals surface area contributed by atoms with Crippen LogP contribution in [0.3, 0.4) is 0 Å². The van der Waals surface area contributed by atoms with Gasteiger partial charge in [-0.3, -0.25) is 0 Å². The molecule has 2 N–H and O–H groups in total. The third-order valence-electron chi connectivity index (χ3n) is 2.94. The van der Waals surface area contributed by atoms with Gasteiger partial charge in [0.15, 0.2) is 6.29 Å². The minimum absolute atomic E-state index is 0.167. The minimum Gasteiger partial charge on any atom is -0.396 e. The van der Waals surface area contributed by atoms with Crippen molar-refractivity contribution in [3.8, 4) is 0 Å². The highest BCUT2D eigenvalue weighted by atomic mass is 16.7. The topological polar surface area (TPSA) is 50.7 Å². The molecule has 4 nitrogen and oxygen atoms in total. The van der Waals surface area contributed by atoms with E-state index in [9.17, 15) is 0 Å². The molecule has 1 aliphatic carbocycles. The third kappa shape index (κ3) is 3.53. The molecule has 1 aliphatic rings. The molecule has 1 rings (SSSR count). The average Bonchev–Trinajstić information content (AvgIpc) is 2.94. The number of ether oxygens (including phenoxy) is 2. The lowest BCUT2D eigenvalue weighted by molar-refractivity contribution is -0.0991. The lowest BCUT2D eigenvalue weighted by atomic mass is 10.0. The second-order valence-electron chi connectivity index (χ2n) is 4.01. The van der Waals surface area contributed by atoms with E-state index in [-0.39, 0.29) is 6.29 Å². The molecule has 0 radical (unpaired) electrons. The van der Waals surface area contributed by atoms with Crippen molar-refractivity contribution in [2.45, 2.75) is 25.6 Å². The molecule has 0 aliphatic heterocycles. The van der Waals surface area contributed by atoms with Crippen LogP contribution in [0.1, 0.15) is 19.3 Å². The highest BCUT2D eigenvalue weighted by Gasteiger charge is 2.41. The zero-order chi connectivity index (χ0) is 10.4. The summed E-state index contributed by atoms with van der Waals surface area (Å²) in [5.74, 6) is 0. The van der Waals surface area contributed by atoms with Crippen LogP contribution in [0.5, 0.6) is 0 Å². The van der Waals surface area contributed by atoms with Crippen molar-refractivity contribution < 1.29 is 14.6 Å². The van der Waals surface area contributed by atoms with Crippen molar-refractivity contribution in [3.05, 3.63) is 0 Å². The maximum absolute atomic E-state index is 8.87. The molecule has 0 aromatic heterocycles. The van der Waals surface area contributed by atoms with Crippen molar-refractivity contribution in [3.63, 3.8) is 0 Å². The minimum atomic E-state index is -0.167. The Kier molecular flexibility index (Phi) is 4.81. The SMILES string of the molecule is COC(CNCC1(CCO)CC1)OC. The highest BCUT2D eigenvalue weighted by molar-refractivity contribution is 4.94. The van der Waals surface area contributed by atoms with E-state index in [0.29, 0.717) is 18.6 Å². The van der Waals surface area contributed by atoms with Crippen LogP contribution in [-0.4, -0.2) is 45.3 Å². The first-order valence-electron chi connectivity index (χ1n) is 5.13. The van der Waals surface area contributed by atoms with Crippen molar-refractivity contribution in [2.75, 3.05) is 33.9 Å². The fourth-order valence-electron chi connectivity index (χ4n) is 1.65. The van der Waals surface area contributed by atoms with Crippen molar-refractivity contribution in [1.29, 1.82) is 0 Å². The van der Waals surface area contributed by atoms with Gasteiger partial charge in [0.1, 0.15) is 0 Å². The molecule has 0 amide bonds. The number of hydrogen-bond donors (Lipinski definition) is 2. The van der Waals surface area contributed by atoms with E-state index in [1.807, 2.05) is 0 Å². The summed E-state index contributed by atoms with van der Waals surface area (Å²) in [6, 6.07) is 0. The van der Waals surface area contributed by atoms with Crippen molar-refractivity contribution in [1.82, 2.24) is 5.32 Å². The molecule has 0 unspecified atom stereocenters. The van der Waals surface area contributed by atoms with Gasteiger partial charge in [-0.2, -0.15) is 0 Å². The van der Waals surface area contributed by atoms with Crippen molar-refractivity contribution in [2.24, 2.45) is 5.41 Å². The maximum atomic E-state index is 8.87. The van der Waals surface area contributed by atoms with E-state index in [4.69, 9.17) is 14.6 Å². The Bertz CT molecular complexity index is 155. The second kappa shape index (κ2) is 5.66. The quantitative estimate of drug-likeness (QED) is 0.559. The summed E-state index contributed by atoms with van der Waals surface area (Å²) in [4.78, 5) is 0. The number of methoxy groups -OCH3 is 2. The van der Waals surface area contributed by atoms with E-state index in [0.717, 1.165) is 13.0 Å². The molecule has 0 atom stereocenters. The standard InChI is InChI=1S/C10H21NO3/c1-13-9(14-2)7-11-8-10(3-4-10)5-6-12/h9,11-12H,3-8H2,1-2H3. The van der Waals surface area contributed by atoms with Crippen LogP contribution in [-0.2, 0) is 9.47 Å². The van der Waals surface area contributed by atoms with E-state index < -0.39 is 0 Å². The summed E-state index contributed by atoms with van der Waals surface area (Å²) in [5, 5.41) is 12.2. The van der Waals surface area contributed by atoms with Gasteiger partial charge in [0.2, 0.25) is 0 Å². The van der Waals surface area contributed by atoms with Gasteiger partial charge < -0.3 is 19.9 Å². The van der Waals surface area contributed by atoms with Crippen LogP contribution in [0, 0.1) is 5.41 Å². The summed E-state index contributed by atoms with van der Waals surface area (Å²) in [7, 11) is 3.27. The van der Waals surface area contributed by atoms with Gasteiger partial charge in [0.25, 0.3) is 0 Å². The van der Waals surface area contributed by atoms with Crippen LogP contribution in [0.25, 0.3) is 0 Å². The molecular weight excluding hydrogens is 182 g/mol. The average molecular weight is 203 g/mol. The maximum Gasteiger partial charge on any atom is 0.169 e. The van der Waals surface area contributed by atoms with Crippen LogP contribution >= 0.6 is 0 Å². The van der Waals surface area contributed by atoms with Gasteiger partial charge in [0, 0.05) is 33.9 Å². The molecule has 1 fully saturated rings. The molecule has 0 aromatic rings. The summed E-state index contributed by atoms with van der Waals surface area (Å²) >= 11 is 0. The monoisotopic (exact) mass is 203 g/mol. The molecule has 84 valence electrons. The fraction of sp³-hybridized carbons (Fsp3) is 1.00. The fourth-order valence-corrected chi connectivity index (χ4v) is 1.65. The lowest BCUT2D eigenvalue weighted by Crippen LogP contribution is -2.34. The highest BCUT2D eigenvalue weighted by Crippen LogP contribution is 2.47. The molecule has 1 saturated carbocycles. The summed E-state index contributed by atoms with van der Waals surface area (Å²) in [5.41, 5.74) is 0.362. The largest absolute Gasteiger partial charge is 0.396 e. The van der Waals surface area contributed by atoms with E-state index in [1.165, 1.54) is 12.8 Å². The van der Waals surface area contributed by atoms with Gasteiger partial charge in [-0.15, -0.1) is 0 Å². The molecule has 14 heavy (non-hydrogen) atoms. The van der Waals surface area contributed by atoms with E-state index in [1.54, 1.807) is 14.2 Å². The summed E-state index contributed by atoms with van der Waals surface area (Å²) in [6.07, 6.45) is 3.20. The Balaban J connectivity index is 2.08. The van der Waals surface area contributed by atoms with E-state index in [2.05, 4.69) is 5.32 Å². The molecule has 4 heteroatoms. The smallest absolute Gasteiger partial charge is 0.169 e. The van der Waals surface area contributed by atoms with E-state index >= 15 is 0 Å². The number of nitrogens with one attached hydrogen (secondary N) is 1.